The highest BCUT2D eigenvalue weighted by molar-refractivity contribution is 7.89. The van der Waals surface area contributed by atoms with Gasteiger partial charge in [-0.1, -0.05) is 19.1 Å². The molecule has 0 aromatic heterocycles. The van der Waals surface area contributed by atoms with Gasteiger partial charge in [-0.15, -0.1) is 0 Å². The molecular formula is C11H17FN2O2S. The molecule has 0 heterocycles. The van der Waals surface area contributed by atoms with Crippen LogP contribution < -0.4 is 10.0 Å². The van der Waals surface area contributed by atoms with Crippen molar-refractivity contribution in [2.75, 3.05) is 19.6 Å². The van der Waals surface area contributed by atoms with E-state index in [2.05, 4.69) is 10.0 Å². The number of likely N-dealkylation sites (N-methyl/N-ethyl adjacent to an activating group) is 1. The average Bonchev–Trinajstić information content (AvgIpc) is 2.24. The molecule has 17 heavy (non-hydrogen) atoms. The second kappa shape index (κ2) is 6.09. The summed E-state index contributed by atoms with van der Waals surface area (Å²) in [6.45, 7) is 5.02. The highest BCUT2D eigenvalue weighted by Crippen LogP contribution is 2.18. The minimum atomic E-state index is -3.77. The van der Waals surface area contributed by atoms with E-state index in [0.29, 0.717) is 12.1 Å². The molecule has 1 rings (SSSR count). The van der Waals surface area contributed by atoms with E-state index in [9.17, 15) is 12.8 Å². The van der Waals surface area contributed by atoms with Gasteiger partial charge in [0.1, 0.15) is 10.7 Å². The van der Waals surface area contributed by atoms with Crippen LogP contribution in [0.1, 0.15) is 12.5 Å². The molecule has 4 nitrogen and oxygen atoms in total. The Labute approximate surface area is 101 Å². The number of rotatable bonds is 6. The van der Waals surface area contributed by atoms with Gasteiger partial charge in [-0.2, -0.15) is 0 Å². The summed E-state index contributed by atoms with van der Waals surface area (Å²) < 4.78 is 39.6. The highest BCUT2D eigenvalue weighted by Gasteiger charge is 2.20. The van der Waals surface area contributed by atoms with Crippen molar-refractivity contribution in [1.82, 2.24) is 10.0 Å². The summed E-state index contributed by atoms with van der Waals surface area (Å²) in [7, 11) is -3.77. The minimum absolute atomic E-state index is 0.240. The van der Waals surface area contributed by atoms with Crippen LogP contribution >= 0.6 is 0 Å². The summed E-state index contributed by atoms with van der Waals surface area (Å²) >= 11 is 0. The third-order valence-corrected chi connectivity index (χ3v) is 3.92. The van der Waals surface area contributed by atoms with Crippen molar-refractivity contribution in [2.24, 2.45) is 0 Å². The van der Waals surface area contributed by atoms with Crippen molar-refractivity contribution in [3.8, 4) is 0 Å². The number of aryl methyl sites for hydroxylation is 1. The van der Waals surface area contributed by atoms with Crippen LogP contribution in [-0.2, 0) is 10.0 Å². The van der Waals surface area contributed by atoms with Gasteiger partial charge in [0.2, 0.25) is 10.0 Å². The van der Waals surface area contributed by atoms with Gasteiger partial charge in [0.25, 0.3) is 0 Å². The lowest BCUT2D eigenvalue weighted by Gasteiger charge is -2.10. The van der Waals surface area contributed by atoms with Crippen LogP contribution in [0.2, 0.25) is 0 Å². The lowest BCUT2D eigenvalue weighted by atomic mass is 10.2. The highest BCUT2D eigenvalue weighted by atomic mass is 32.2. The second-order valence-corrected chi connectivity index (χ2v) is 5.34. The van der Waals surface area contributed by atoms with Crippen LogP contribution in [-0.4, -0.2) is 28.1 Å². The Bertz CT molecular complexity index is 454. The first kappa shape index (κ1) is 14.1. The van der Waals surface area contributed by atoms with Crippen molar-refractivity contribution in [2.45, 2.75) is 18.7 Å². The fraction of sp³-hybridized carbons (Fsp3) is 0.455. The third kappa shape index (κ3) is 3.76. The normalized spacial score (nSPS) is 11.7. The van der Waals surface area contributed by atoms with E-state index in [1.807, 2.05) is 6.92 Å². The lowest BCUT2D eigenvalue weighted by Crippen LogP contribution is -2.32. The Balaban J connectivity index is 2.83. The molecule has 0 radical (unpaired) electrons. The van der Waals surface area contributed by atoms with Crippen LogP contribution in [0.3, 0.4) is 0 Å². The quantitative estimate of drug-likeness (QED) is 0.751. The Hall–Kier alpha value is -0.980. The summed E-state index contributed by atoms with van der Waals surface area (Å²) in [5.41, 5.74) is 0.404. The number of hydrogen-bond donors (Lipinski definition) is 2. The third-order valence-electron chi connectivity index (χ3n) is 2.28. The van der Waals surface area contributed by atoms with Crippen LogP contribution in [0.15, 0.2) is 23.1 Å². The molecule has 0 aliphatic heterocycles. The number of benzene rings is 1. The molecule has 0 spiro atoms. The van der Waals surface area contributed by atoms with E-state index < -0.39 is 15.8 Å². The first-order valence-electron chi connectivity index (χ1n) is 5.44. The van der Waals surface area contributed by atoms with E-state index in [1.54, 1.807) is 13.0 Å². The van der Waals surface area contributed by atoms with E-state index in [0.717, 1.165) is 12.6 Å². The predicted octanol–water partition coefficient (Wildman–Crippen LogP) is 1.02. The fourth-order valence-corrected chi connectivity index (χ4v) is 2.81. The van der Waals surface area contributed by atoms with Gasteiger partial charge in [0, 0.05) is 13.1 Å². The molecule has 0 aliphatic carbocycles. The smallest absolute Gasteiger partial charge is 0.243 e. The van der Waals surface area contributed by atoms with Crippen molar-refractivity contribution in [3.63, 3.8) is 0 Å². The Morgan fingerprint density at radius 2 is 2.00 bits per heavy atom. The van der Waals surface area contributed by atoms with Gasteiger partial charge in [-0.05, 0) is 25.1 Å². The zero-order valence-electron chi connectivity index (χ0n) is 9.96. The van der Waals surface area contributed by atoms with Gasteiger partial charge < -0.3 is 5.32 Å². The molecule has 0 bridgehead atoms. The lowest BCUT2D eigenvalue weighted by molar-refractivity contribution is 0.552. The molecule has 2 N–H and O–H groups in total. The van der Waals surface area contributed by atoms with Crippen molar-refractivity contribution in [3.05, 3.63) is 29.6 Å². The van der Waals surface area contributed by atoms with Crippen molar-refractivity contribution >= 4 is 10.0 Å². The summed E-state index contributed by atoms with van der Waals surface area (Å²) in [5, 5.41) is 2.98. The van der Waals surface area contributed by atoms with Gasteiger partial charge in [-0.25, -0.2) is 17.5 Å². The van der Waals surface area contributed by atoms with Crippen LogP contribution in [0.4, 0.5) is 4.39 Å². The molecule has 0 saturated heterocycles. The summed E-state index contributed by atoms with van der Waals surface area (Å²) in [5.74, 6) is -0.721. The Morgan fingerprint density at radius 1 is 1.29 bits per heavy atom. The van der Waals surface area contributed by atoms with Crippen LogP contribution in [0.5, 0.6) is 0 Å². The van der Waals surface area contributed by atoms with Gasteiger partial charge in [-0.3, -0.25) is 0 Å². The predicted molar refractivity (Wildman–Crippen MR) is 64.9 cm³/mol. The monoisotopic (exact) mass is 260 g/mol. The molecule has 6 heteroatoms. The second-order valence-electron chi connectivity index (χ2n) is 3.64. The number of nitrogens with one attached hydrogen (secondary N) is 2. The number of halogens is 1. The molecule has 0 unspecified atom stereocenters. The first-order chi connectivity index (χ1) is 7.99. The van der Waals surface area contributed by atoms with Gasteiger partial charge in [0.15, 0.2) is 0 Å². The van der Waals surface area contributed by atoms with Gasteiger partial charge >= 0.3 is 0 Å². The molecule has 0 amide bonds. The summed E-state index contributed by atoms with van der Waals surface area (Å²) in [4.78, 5) is -0.267. The Morgan fingerprint density at radius 3 is 2.59 bits per heavy atom. The van der Waals surface area contributed by atoms with E-state index in [4.69, 9.17) is 0 Å². The molecule has 0 atom stereocenters. The standard InChI is InChI=1S/C11H17FN2O2S/c1-3-13-7-8-14-17(15,16)11-9(2)5-4-6-10(11)12/h4-6,13-14H,3,7-8H2,1-2H3. The zero-order valence-corrected chi connectivity index (χ0v) is 10.8. The maximum atomic E-state index is 13.5. The van der Waals surface area contributed by atoms with Crippen molar-refractivity contribution < 1.29 is 12.8 Å². The van der Waals surface area contributed by atoms with Crippen LogP contribution in [0.25, 0.3) is 0 Å². The van der Waals surface area contributed by atoms with E-state index in [-0.39, 0.29) is 11.4 Å². The van der Waals surface area contributed by atoms with E-state index in [1.165, 1.54) is 6.07 Å². The topological polar surface area (TPSA) is 58.2 Å². The molecule has 96 valence electrons. The minimum Gasteiger partial charge on any atom is -0.316 e. The molecule has 0 aliphatic rings. The maximum absolute atomic E-state index is 13.5. The van der Waals surface area contributed by atoms with Crippen LogP contribution in [0, 0.1) is 12.7 Å². The number of sulfonamides is 1. The number of hydrogen-bond acceptors (Lipinski definition) is 3. The molecule has 1 aromatic rings. The molecule has 0 saturated carbocycles. The first-order valence-corrected chi connectivity index (χ1v) is 6.93. The van der Waals surface area contributed by atoms with E-state index >= 15 is 0 Å². The maximum Gasteiger partial charge on any atom is 0.243 e. The largest absolute Gasteiger partial charge is 0.316 e. The zero-order chi connectivity index (χ0) is 12.9. The molecule has 0 fully saturated rings. The van der Waals surface area contributed by atoms with Crippen molar-refractivity contribution in [1.29, 1.82) is 0 Å². The van der Waals surface area contributed by atoms with Gasteiger partial charge in [0.05, 0.1) is 0 Å². The summed E-state index contributed by atoms with van der Waals surface area (Å²) in [6, 6.07) is 4.20. The SMILES string of the molecule is CCNCCNS(=O)(=O)c1c(C)cccc1F. The molecule has 1 aromatic carbocycles. The Kier molecular flexibility index (Phi) is 5.04. The fourth-order valence-electron chi connectivity index (χ4n) is 1.48. The average molecular weight is 260 g/mol. The molecular weight excluding hydrogens is 243 g/mol. The summed E-state index contributed by atoms with van der Waals surface area (Å²) in [6.07, 6.45) is 0.